The van der Waals surface area contributed by atoms with Crippen LogP contribution in [0.2, 0.25) is 0 Å². The third-order valence-electron chi connectivity index (χ3n) is 4.01. The van der Waals surface area contributed by atoms with Crippen LogP contribution in [0.5, 0.6) is 0 Å². The minimum Gasteiger partial charge on any atom is -0.391 e. The van der Waals surface area contributed by atoms with Gasteiger partial charge in [-0.05, 0) is 0 Å². The van der Waals surface area contributed by atoms with Crippen molar-refractivity contribution in [2.45, 2.75) is 54.8 Å². The van der Waals surface area contributed by atoms with Crippen LogP contribution in [-0.2, 0) is 14.2 Å². The Morgan fingerprint density at radius 2 is 1.48 bits per heavy atom. The maximum atomic E-state index is 12.8. The molecule has 0 radical (unpaired) electrons. The second kappa shape index (κ2) is 7.17. The van der Waals surface area contributed by atoms with Crippen LogP contribution >= 0.6 is 0 Å². The Labute approximate surface area is 129 Å². The second-order valence-electron chi connectivity index (χ2n) is 5.50. The van der Waals surface area contributed by atoms with Gasteiger partial charge < -0.3 is 44.8 Å². The predicted octanol–water partition coefficient (Wildman–Crippen LogP) is -3.44. The molecule has 0 bridgehead atoms. The van der Waals surface area contributed by atoms with Gasteiger partial charge in [0.2, 0.25) is 5.79 Å². The van der Waals surface area contributed by atoms with Gasteiger partial charge in [-0.15, -0.1) is 0 Å². The molecule has 0 aliphatic carbocycles. The van der Waals surface area contributed by atoms with E-state index in [1.165, 1.54) is 0 Å². The first-order valence-electron chi connectivity index (χ1n) is 6.95. The number of aliphatic hydroxyl groups is 6. The minimum atomic E-state index is -2.34. The van der Waals surface area contributed by atoms with Gasteiger partial charge >= 0.3 is 0 Å². The van der Waals surface area contributed by atoms with Crippen molar-refractivity contribution in [2.24, 2.45) is 0 Å². The lowest BCUT2D eigenvalue weighted by atomic mass is 9.99. The summed E-state index contributed by atoms with van der Waals surface area (Å²) in [6, 6.07) is 0. The number of hydrogen-bond acceptors (Lipinski definition) is 9. The number of ether oxygens (including phenoxy) is 3. The summed E-state index contributed by atoms with van der Waals surface area (Å²) in [6.45, 7) is -3.45. The SMILES string of the molecule is OC[C@]1(O[C@@H]2O[C@@H](CF)[C@@H](O)[C@H](O)[C@@H]2O)O[C@@H](CF)[C@@H](O)[C@H]1O. The standard InChI is InChI=1S/C12H20F2O9/c13-1-4-6(16)8(18)9(19)11(21-4)23-12(3-15)10(20)7(17)5(2-14)22-12/h4-11,15-20H,1-3H2/t4-,5-,6+,7+,8-,9-,10+,11-,12+/m0/s1. The summed E-state index contributed by atoms with van der Waals surface area (Å²) in [4.78, 5) is 0. The van der Waals surface area contributed by atoms with E-state index >= 15 is 0 Å². The van der Waals surface area contributed by atoms with Crippen LogP contribution in [0.1, 0.15) is 0 Å². The third kappa shape index (κ3) is 3.21. The van der Waals surface area contributed by atoms with Crippen molar-refractivity contribution in [1.82, 2.24) is 0 Å². The Morgan fingerprint density at radius 1 is 0.870 bits per heavy atom. The topological polar surface area (TPSA) is 149 Å². The largest absolute Gasteiger partial charge is 0.391 e. The summed E-state index contributed by atoms with van der Waals surface area (Å²) >= 11 is 0. The normalized spacial score (nSPS) is 51.1. The van der Waals surface area contributed by atoms with Gasteiger partial charge in [0.1, 0.15) is 62.7 Å². The fourth-order valence-electron chi connectivity index (χ4n) is 2.59. The number of halogens is 2. The predicted molar refractivity (Wildman–Crippen MR) is 66.4 cm³/mol. The van der Waals surface area contributed by atoms with Crippen LogP contribution in [-0.4, -0.2) is 105 Å². The molecule has 0 amide bonds. The summed E-state index contributed by atoms with van der Waals surface area (Å²) < 4.78 is 40.6. The molecule has 2 fully saturated rings. The lowest BCUT2D eigenvalue weighted by Gasteiger charge is -2.43. The molecule has 11 heteroatoms. The molecule has 2 rings (SSSR count). The van der Waals surface area contributed by atoms with Crippen LogP contribution in [0.4, 0.5) is 8.78 Å². The molecular weight excluding hydrogens is 326 g/mol. The van der Waals surface area contributed by atoms with Gasteiger partial charge in [0.25, 0.3) is 0 Å². The second-order valence-corrected chi connectivity index (χ2v) is 5.50. The van der Waals surface area contributed by atoms with Gasteiger partial charge in [-0.3, -0.25) is 0 Å². The summed E-state index contributed by atoms with van der Waals surface area (Å²) in [7, 11) is 0. The first-order valence-corrected chi connectivity index (χ1v) is 6.95. The highest BCUT2D eigenvalue weighted by Crippen LogP contribution is 2.36. The van der Waals surface area contributed by atoms with Crippen molar-refractivity contribution in [3.8, 4) is 0 Å². The van der Waals surface area contributed by atoms with E-state index in [2.05, 4.69) is 0 Å². The van der Waals surface area contributed by atoms with Gasteiger partial charge in [0, 0.05) is 0 Å². The fourth-order valence-corrected chi connectivity index (χ4v) is 2.59. The van der Waals surface area contributed by atoms with Crippen LogP contribution in [0.15, 0.2) is 0 Å². The Hall–Kier alpha value is -0.500. The van der Waals surface area contributed by atoms with Gasteiger partial charge in [-0.2, -0.15) is 0 Å². The molecule has 136 valence electrons. The van der Waals surface area contributed by atoms with Crippen molar-refractivity contribution in [3.63, 3.8) is 0 Å². The highest BCUT2D eigenvalue weighted by Gasteiger charge is 2.58. The number of aliphatic hydroxyl groups excluding tert-OH is 6. The number of hydrogen-bond donors (Lipinski definition) is 6. The quantitative estimate of drug-likeness (QED) is 0.299. The molecule has 9 nitrogen and oxygen atoms in total. The smallest absolute Gasteiger partial charge is 0.224 e. The first kappa shape index (κ1) is 18.8. The molecule has 6 N–H and O–H groups in total. The van der Waals surface area contributed by atoms with Crippen LogP contribution in [0.25, 0.3) is 0 Å². The third-order valence-corrected chi connectivity index (χ3v) is 4.01. The van der Waals surface area contributed by atoms with Crippen molar-refractivity contribution < 1.29 is 53.6 Å². The Morgan fingerprint density at radius 3 is 1.96 bits per heavy atom. The average molecular weight is 346 g/mol. The molecule has 0 aromatic rings. The molecule has 0 aromatic carbocycles. The van der Waals surface area contributed by atoms with E-state index < -0.39 is 74.8 Å². The fraction of sp³-hybridized carbons (Fsp3) is 1.00. The lowest BCUT2D eigenvalue weighted by molar-refractivity contribution is -0.382. The summed E-state index contributed by atoms with van der Waals surface area (Å²) in [5.41, 5.74) is 0. The Kier molecular flexibility index (Phi) is 5.87. The van der Waals surface area contributed by atoms with Crippen LogP contribution in [0, 0.1) is 0 Å². The van der Waals surface area contributed by atoms with Crippen molar-refractivity contribution in [1.29, 1.82) is 0 Å². The first-order chi connectivity index (χ1) is 10.8. The molecule has 9 atom stereocenters. The molecule has 2 aliphatic heterocycles. The summed E-state index contributed by atoms with van der Waals surface area (Å²) in [5.74, 6) is -2.34. The van der Waals surface area contributed by atoms with E-state index in [0.29, 0.717) is 0 Å². The minimum absolute atomic E-state index is 1.05. The summed E-state index contributed by atoms with van der Waals surface area (Å²) in [5, 5.41) is 58.0. The Balaban J connectivity index is 2.18. The van der Waals surface area contributed by atoms with Gasteiger partial charge in [0.15, 0.2) is 6.29 Å². The zero-order valence-corrected chi connectivity index (χ0v) is 11.9. The lowest BCUT2D eigenvalue weighted by Crippen LogP contribution is -2.62. The van der Waals surface area contributed by atoms with E-state index in [9.17, 15) is 39.4 Å². The van der Waals surface area contributed by atoms with E-state index in [-0.39, 0.29) is 0 Å². The molecular formula is C12H20F2O9. The van der Waals surface area contributed by atoms with E-state index in [0.717, 1.165) is 0 Å². The van der Waals surface area contributed by atoms with Crippen molar-refractivity contribution >= 4 is 0 Å². The van der Waals surface area contributed by atoms with Gasteiger partial charge in [-0.1, -0.05) is 0 Å². The molecule has 2 heterocycles. The maximum Gasteiger partial charge on any atom is 0.224 e. The van der Waals surface area contributed by atoms with Crippen molar-refractivity contribution in [3.05, 3.63) is 0 Å². The molecule has 0 aromatic heterocycles. The summed E-state index contributed by atoms with van der Waals surface area (Å²) in [6.07, 6.45) is -13.9. The molecule has 23 heavy (non-hydrogen) atoms. The highest BCUT2D eigenvalue weighted by atomic mass is 19.1. The number of rotatable bonds is 5. The average Bonchev–Trinajstić information content (AvgIpc) is 2.80. The number of alkyl halides is 2. The van der Waals surface area contributed by atoms with E-state index in [4.69, 9.17) is 14.2 Å². The molecule has 2 aliphatic rings. The molecule has 0 unspecified atom stereocenters. The van der Waals surface area contributed by atoms with E-state index in [1.54, 1.807) is 0 Å². The molecule has 0 saturated carbocycles. The van der Waals surface area contributed by atoms with Crippen LogP contribution < -0.4 is 0 Å². The van der Waals surface area contributed by atoms with Gasteiger partial charge in [0.05, 0.1) is 0 Å². The Bertz CT molecular complexity index is 401. The van der Waals surface area contributed by atoms with E-state index in [1.807, 2.05) is 0 Å². The van der Waals surface area contributed by atoms with Gasteiger partial charge in [-0.25, -0.2) is 8.78 Å². The molecule has 2 saturated heterocycles. The maximum absolute atomic E-state index is 12.8. The molecule has 0 spiro atoms. The monoisotopic (exact) mass is 346 g/mol. The van der Waals surface area contributed by atoms with Crippen molar-refractivity contribution in [2.75, 3.05) is 20.0 Å². The van der Waals surface area contributed by atoms with Crippen LogP contribution in [0.3, 0.4) is 0 Å². The zero-order valence-electron chi connectivity index (χ0n) is 11.9. The zero-order chi connectivity index (χ0) is 17.4. The highest BCUT2D eigenvalue weighted by molar-refractivity contribution is 4.98.